The maximum atomic E-state index is 12.9. The minimum atomic E-state index is -0.403. The molecule has 0 aliphatic heterocycles. The van der Waals surface area contributed by atoms with Gasteiger partial charge in [-0.2, -0.15) is 0 Å². The molecule has 2 aromatic rings. The largest absolute Gasteiger partial charge is 0.466 e. The second kappa shape index (κ2) is 9.76. The summed E-state index contributed by atoms with van der Waals surface area (Å²) < 4.78 is 5.08. The summed E-state index contributed by atoms with van der Waals surface area (Å²) in [7, 11) is 0. The fraction of sp³-hybridized carbons (Fsp3) is 0.364. The maximum absolute atomic E-state index is 12.9. The predicted molar refractivity (Wildman–Crippen MR) is 103 cm³/mol. The van der Waals surface area contributed by atoms with Gasteiger partial charge in [-0.25, -0.2) is 0 Å². The third-order valence-corrected chi connectivity index (χ3v) is 4.40. The first-order valence-corrected chi connectivity index (χ1v) is 9.12. The monoisotopic (exact) mass is 353 g/mol. The van der Waals surface area contributed by atoms with Gasteiger partial charge in [-0.3, -0.25) is 9.59 Å². The molecule has 0 saturated heterocycles. The molecule has 2 rings (SSSR count). The summed E-state index contributed by atoms with van der Waals surface area (Å²) in [6.07, 6.45) is 0.809. The van der Waals surface area contributed by atoms with E-state index in [-0.39, 0.29) is 24.2 Å². The average Bonchev–Trinajstić information content (AvgIpc) is 2.63. The van der Waals surface area contributed by atoms with Gasteiger partial charge in [0.05, 0.1) is 25.0 Å². The molecular weight excluding hydrogens is 326 g/mol. The first-order chi connectivity index (χ1) is 12.5. The molecule has 0 fully saturated rings. The van der Waals surface area contributed by atoms with Crippen molar-refractivity contribution in [3.8, 4) is 0 Å². The lowest BCUT2D eigenvalue weighted by Gasteiger charge is -2.22. The Kier molecular flexibility index (Phi) is 7.39. The Bertz CT molecular complexity index is 710. The number of carbonyl (C=O) groups is 2. The second-order valence-electron chi connectivity index (χ2n) is 6.35. The number of rotatable bonds is 8. The van der Waals surface area contributed by atoms with E-state index in [1.54, 1.807) is 6.92 Å². The zero-order chi connectivity index (χ0) is 18.9. The third kappa shape index (κ3) is 5.45. The van der Waals surface area contributed by atoms with Crippen molar-refractivity contribution in [3.63, 3.8) is 0 Å². The van der Waals surface area contributed by atoms with Crippen LogP contribution in [0.5, 0.6) is 0 Å². The van der Waals surface area contributed by atoms with Gasteiger partial charge in [0.2, 0.25) is 5.91 Å². The van der Waals surface area contributed by atoms with E-state index in [0.717, 1.165) is 16.7 Å². The summed E-state index contributed by atoms with van der Waals surface area (Å²) in [5.74, 6) is -0.633. The van der Waals surface area contributed by atoms with E-state index in [4.69, 9.17) is 4.74 Å². The highest BCUT2D eigenvalue weighted by atomic mass is 16.5. The lowest BCUT2D eigenvalue weighted by atomic mass is 9.94. The molecule has 4 nitrogen and oxygen atoms in total. The highest BCUT2D eigenvalue weighted by molar-refractivity contribution is 5.84. The van der Waals surface area contributed by atoms with Crippen LogP contribution in [-0.2, 0) is 14.3 Å². The minimum absolute atomic E-state index is 0.0754. The topological polar surface area (TPSA) is 55.4 Å². The first kappa shape index (κ1) is 19.7. The van der Waals surface area contributed by atoms with Gasteiger partial charge in [0, 0.05) is 0 Å². The second-order valence-corrected chi connectivity index (χ2v) is 6.35. The van der Waals surface area contributed by atoms with Gasteiger partial charge in [0.15, 0.2) is 0 Å². The number of hydrogen-bond acceptors (Lipinski definition) is 3. The van der Waals surface area contributed by atoms with E-state index in [1.165, 1.54) is 0 Å². The van der Waals surface area contributed by atoms with Crippen LogP contribution in [0.2, 0.25) is 0 Å². The lowest BCUT2D eigenvalue weighted by molar-refractivity contribution is -0.143. The Morgan fingerprint density at radius 1 is 0.962 bits per heavy atom. The molecule has 2 unspecified atom stereocenters. The number of amides is 1. The van der Waals surface area contributed by atoms with Gasteiger partial charge in [-0.15, -0.1) is 0 Å². The van der Waals surface area contributed by atoms with Crippen LogP contribution >= 0.6 is 0 Å². The summed E-state index contributed by atoms with van der Waals surface area (Å²) in [6, 6.07) is 17.2. The Labute approximate surface area is 155 Å². The van der Waals surface area contributed by atoms with Crippen molar-refractivity contribution in [2.75, 3.05) is 6.61 Å². The highest BCUT2D eigenvalue weighted by Crippen LogP contribution is 2.23. The first-order valence-electron chi connectivity index (χ1n) is 9.12. The van der Waals surface area contributed by atoms with E-state index in [0.29, 0.717) is 13.0 Å². The van der Waals surface area contributed by atoms with Crippen molar-refractivity contribution in [3.05, 3.63) is 71.3 Å². The average molecular weight is 353 g/mol. The number of benzene rings is 2. The van der Waals surface area contributed by atoms with Crippen LogP contribution in [0, 0.1) is 6.92 Å². The van der Waals surface area contributed by atoms with Crippen molar-refractivity contribution in [2.45, 2.75) is 45.6 Å². The number of ether oxygens (including phenoxy) is 1. The molecular formula is C22H27NO3. The molecule has 2 aromatic carbocycles. The molecule has 26 heavy (non-hydrogen) atoms. The summed E-state index contributed by atoms with van der Waals surface area (Å²) in [4.78, 5) is 24.9. The summed E-state index contributed by atoms with van der Waals surface area (Å²) in [6.45, 7) is 6.10. The molecule has 0 aliphatic carbocycles. The van der Waals surface area contributed by atoms with Gasteiger partial charge in [-0.05, 0) is 31.4 Å². The standard InChI is InChI=1S/C22H27NO3/c1-4-19(17-9-7-6-8-10-17)22(25)23-20(15-21(24)26-5-2)18-13-11-16(3)12-14-18/h6-14,19-20H,4-5,15H2,1-3H3,(H,23,25). The van der Waals surface area contributed by atoms with Gasteiger partial charge in [-0.1, -0.05) is 67.1 Å². The van der Waals surface area contributed by atoms with Crippen molar-refractivity contribution >= 4 is 11.9 Å². The summed E-state index contributed by atoms with van der Waals surface area (Å²) >= 11 is 0. The molecule has 0 spiro atoms. The molecule has 1 N–H and O–H groups in total. The van der Waals surface area contributed by atoms with Crippen LogP contribution in [0.25, 0.3) is 0 Å². The van der Waals surface area contributed by atoms with E-state index in [2.05, 4.69) is 5.32 Å². The summed E-state index contributed by atoms with van der Waals surface area (Å²) in [5, 5.41) is 3.05. The molecule has 0 aliphatic rings. The fourth-order valence-electron chi connectivity index (χ4n) is 2.97. The van der Waals surface area contributed by atoms with E-state index in [9.17, 15) is 9.59 Å². The quantitative estimate of drug-likeness (QED) is 0.720. The van der Waals surface area contributed by atoms with Crippen LogP contribution in [-0.4, -0.2) is 18.5 Å². The van der Waals surface area contributed by atoms with Crippen molar-refractivity contribution in [2.24, 2.45) is 0 Å². The normalized spacial score (nSPS) is 12.9. The van der Waals surface area contributed by atoms with E-state index in [1.807, 2.05) is 68.4 Å². The van der Waals surface area contributed by atoms with Crippen LogP contribution < -0.4 is 5.32 Å². The van der Waals surface area contributed by atoms with Crippen LogP contribution in [0.3, 0.4) is 0 Å². The van der Waals surface area contributed by atoms with E-state index >= 15 is 0 Å². The zero-order valence-electron chi connectivity index (χ0n) is 15.7. The Morgan fingerprint density at radius 2 is 1.62 bits per heavy atom. The van der Waals surface area contributed by atoms with Crippen molar-refractivity contribution in [1.29, 1.82) is 0 Å². The van der Waals surface area contributed by atoms with Gasteiger partial charge in [0.1, 0.15) is 0 Å². The number of nitrogens with one attached hydrogen (secondary N) is 1. The molecule has 0 heterocycles. The summed E-state index contributed by atoms with van der Waals surface area (Å²) in [5.41, 5.74) is 3.01. The molecule has 0 saturated carbocycles. The van der Waals surface area contributed by atoms with Crippen LogP contribution in [0.4, 0.5) is 0 Å². The fourth-order valence-corrected chi connectivity index (χ4v) is 2.97. The molecule has 4 heteroatoms. The van der Waals surface area contributed by atoms with Gasteiger partial charge in [0.25, 0.3) is 0 Å². The molecule has 0 bridgehead atoms. The van der Waals surface area contributed by atoms with Crippen molar-refractivity contribution in [1.82, 2.24) is 5.32 Å². The predicted octanol–water partition coefficient (Wildman–Crippen LogP) is 4.30. The SMILES string of the molecule is CCOC(=O)CC(NC(=O)C(CC)c1ccccc1)c1ccc(C)cc1. The Balaban J connectivity index is 2.20. The van der Waals surface area contributed by atoms with Crippen LogP contribution in [0.1, 0.15) is 55.3 Å². The smallest absolute Gasteiger partial charge is 0.308 e. The van der Waals surface area contributed by atoms with Crippen LogP contribution in [0.15, 0.2) is 54.6 Å². The van der Waals surface area contributed by atoms with Gasteiger partial charge >= 0.3 is 5.97 Å². The minimum Gasteiger partial charge on any atom is -0.466 e. The molecule has 138 valence electrons. The number of carbonyl (C=O) groups excluding carboxylic acids is 2. The van der Waals surface area contributed by atoms with Gasteiger partial charge < -0.3 is 10.1 Å². The number of esters is 1. The van der Waals surface area contributed by atoms with E-state index < -0.39 is 6.04 Å². The third-order valence-electron chi connectivity index (χ3n) is 4.40. The zero-order valence-corrected chi connectivity index (χ0v) is 15.7. The maximum Gasteiger partial charge on any atom is 0.308 e. The highest BCUT2D eigenvalue weighted by Gasteiger charge is 2.24. The number of hydrogen-bond donors (Lipinski definition) is 1. The molecule has 1 amide bonds. The molecule has 2 atom stereocenters. The Morgan fingerprint density at radius 3 is 2.19 bits per heavy atom. The molecule has 0 radical (unpaired) electrons. The molecule has 0 aromatic heterocycles. The Hall–Kier alpha value is -2.62. The lowest BCUT2D eigenvalue weighted by Crippen LogP contribution is -2.34. The number of aryl methyl sites for hydroxylation is 1. The van der Waals surface area contributed by atoms with Crippen molar-refractivity contribution < 1.29 is 14.3 Å².